The molecular weight excluding hydrogens is 337 g/mol. The summed E-state index contributed by atoms with van der Waals surface area (Å²) in [5.41, 5.74) is 1.61. The Morgan fingerprint density at radius 3 is 2.72 bits per heavy atom. The van der Waals surface area contributed by atoms with E-state index in [0.717, 1.165) is 15.6 Å². The molecule has 5 heteroatoms. The smallest absolute Gasteiger partial charge is 0.0831 e. The number of rotatable bonds is 3. The summed E-state index contributed by atoms with van der Waals surface area (Å²) in [5.74, 6) is 0. The summed E-state index contributed by atoms with van der Waals surface area (Å²) in [5, 5.41) is 11.3. The van der Waals surface area contributed by atoms with Crippen LogP contribution in [0.2, 0.25) is 10.0 Å². The fourth-order valence-corrected chi connectivity index (χ4v) is 2.75. The molecule has 94 valence electrons. The average molecular weight is 347 g/mol. The van der Waals surface area contributed by atoms with Gasteiger partial charge in [-0.15, -0.1) is 0 Å². The molecule has 0 saturated carbocycles. The van der Waals surface area contributed by atoms with Gasteiger partial charge in [0.1, 0.15) is 0 Å². The Morgan fingerprint density at radius 2 is 2.06 bits per heavy atom. The summed E-state index contributed by atoms with van der Waals surface area (Å²) >= 11 is 15.3. The molecule has 1 aromatic heterocycles. The highest BCUT2D eigenvalue weighted by atomic mass is 79.9. The zero-order valence-electron chi connectivity index (χ0n) is 9.28. The minimum Gasteiger partial charge on any atom is -0.388 e. The second-order valence-corrected chi connectivity index (χ2v) is 5.65. The summed E-state index contributed by atoms with van der Waals surface area (Å²) in [6.45, 7) is 0. The predicted molar refractivity (Wildman–Crippen MR) is 77.1 cm³/mol. The van der Waals surface area contributed by atoms with Crippen molar-refractivity contribution in [2.45, 2.75) is 12.5 Å². The zero-order valence-corrected chi connectivity index (χ0v) is 12.4. The van der Waals surface area contributed by atoms with Crippen molar-refractivity contribution in [3.05, 3.63) is 62.3 Å². The van der Waals surface area contributed by atoms with E-state index >= 15 is 0 Å². The van der Waals surface area contributed by atoms with E-state index in [1.807, 2.05) is 6.07 Å². The first kappa shape index (κ1) is 13.8. The van der Waals surface area contributed by atoms with E-state index in [1.165, 1.54) is 0 Å². The summed E-state index contributed by atoms with van der Waals surface area (Å²) in [7, 11) is 0. The molecule has 0 amide bonds. The Kier molecular flexibility index (Phi) is 4.62. The molecule has 0 fully saturated rings. The maximum absolute atomic E-state index is 10.2. The lowest BCUT2D eigenvalue weighted by molar-refractivity contribution is 0.178. The number of aliphatic hydroxyl groups excluding tert-OH is 1. The van der Waals surface area contributed by atoms with Gasteiger partial charge in [0.05, 0.1) is 11.1 Å². The number of aliphatic hydroxyl groups is 1. The van der Waals surface area contributed by atoms with Gasteiger partial charge in [0.15, 0.2) is 0 Å². The van der Waals surface area contributed by atoms with Crippen molar-refractivity contribution < 1.29 is 5.11 Å². The lowest BCUT2D eigenvalue weighted by Gasteiger charge is -2.12. The van der Waals surface area contributed by atoms with E-state index in [9.17, 15) is 5.11 Å². The molecule has 18 heavy (non-hydrogen) atoms. The fraction of sp³-hybridized carbons (Fsp3) is 0.154. The molecule has 0 aliphatic carbocycles. The van der Waals surface area contributed by atoms with Crippen LogP contribution in [0.3, 0.4) is 0 Å². The summed E-state index contributed by atoms with van der Waals surface area (Å²) in [6, 6.07) is 7.15. The van der Waals surface area contributed by atoms with E-state index in [-0.39, 0.29) is 0 Å². The molecule has 0 spiro atoms. The molecule has 1 atom stereocenters. The Balaban J connectivity index is 2.22. The molecule has 0 aliphatic rings. The van der Waals surface area contributed by atoms with Gasteiger partial charge in [-0.3, -0.25) is 4.98 Å². The van der Waals surface area contributed by atoms with Crippen LogP contribution >= 0.6 is 39.1 Å². The quantitative estimate of drug-likeness (QED) is 0.891. The fourth-order valence-electron chi connectivity index (χ4n) is 1.66. The van der Waals surface area contributed by atoms with Gasteiger partial charge in [0, 0.05) is 28.3 Å². The third-order valence-electron chi connectivity index (χ3n) is 2.54. The zero-order chi connectivity index (χ0) is 13.1. The molecule has 1 aromatic carbocycles. The standard InChI is InChI=1S/C13H10BrCl2NO/c14-10-3-9(4-11(15)6-10)13(18)5-8-1-2-17-7-12(8)16/h1-4,6-7,13,18H,5H2. The van der Waals surface area contributed by atoms with Crippen molar-refractivity contribution in [2.75, 3.05) is 0 Å². The van der Waals surface area contributed by atoms with Crippen LogP contribution in [0.25, 0.3) is 0 Å². The second-order valence-electron chi connectivity index (χ2n) is 3.89. The van der Waals surface area contributed by atoms with Crippen LogP contribution in [-0.4, -0.2) is 10.1 Å². The minimum atomic E-state index is -0.653. The summed E-state index contributed by atoms with van der Waals surface area (Å²) in [6.07, 6.45) is 2.99. The lowest BCUT2D eigenvalue weighted by atomic mass is 10.0. The van der Waals surface area contributed by atoms with Crippen molar-refractivity contribution in [3.63, 3.8) is 0 Å². The normalized spacial score (nSPS) is 12.4. The van der Waals surface area contributed by atoms with E-state index in [2.05, 4.69) is 20.9 Å². The Bertz CT molecular complexity index is 542. The maximum atomic E-state index is 10.2. The Morgan fingerprint density at radius 1 is 1.28 bits per heavy atom. The van der Waals surface area contributed by atoms with Gasteiger partial charge >= 0.3 is 0 Å². The van der Waals surface area contributed by atoms with Crippen molar-refractivity contribution in [1.29, 1.82) is 0 Å². The number of hydrogen-bond donors (Lipinski definition) is 1. The number of nitrogens with zero attached hydrogens (tertiary/aromatic N) is 1. The van der Waals surface area contributed by atoms with E-state index < -0.39 is 6.10 Å². The molecule has 2 aromatic rings. The Hall–Kier alpha value is -0.610. The monoisotopic (exact) mass is 345 g/mol. The van der Waals surface area contributed by atoms with Crippen LogP contribution < -0.4 is 0 Å². The molecule has 1 N–H and O–H groups in total. The molecule has 1 heterocycles. The van der Waals surface area contributed by atoms with E-state index in [1.54, 1.807) is 30.6 Å². The topological polar surface area (TPSA) is 33.1 Å². The average Bonchev–Trinajstić information content (AvgIpc) is 2.31. The van der Waals surface area contributed by atoms with Crippen molar-refractivity contribution in [2.24, 2.45) is 0 Å². The van der Waals surface area contributed by atoms with Gasteiger partial charge in [-0.2, -0.15) is 0 Å². The van der Waals surface area contributed by atoms with Gasteiger partial charge in [-0.25, -0.2) is 0 Å². The highest BCUT2D eigenvalue weighted by Crippen LogP contribution is 2.27. The van der Waals surface area contributed by atoms with Crippen LogP contribution in [0, 0.1) is 0 Å². The van der Waals surface area contributed by atoms with Crippen LogP contribution in [0.4, 0.5) is 0 Å². The van der Waals surface area contributed by atoms with Crippen molar-refractivity contribution >= 4 is 39.1 Å². The van der Waals surface area contributed by atoms with E-state index in [4.69, 9.17) is 23.2 Å². The lowest BCUT2D eigenvalue weighted by Crippen LogP contribution is -2.02. The highest BCUT2D eigenvalue weighted by molar-refractivity contribution is 9.10. The third-order valence-corrected chi connectivity index (χ3v) is 3.56. The first-order valence-electron chi connectivity index (χ1n) is 5.28. The Labute approximate surface area is 124 Å². The molecule has 0 saturated heterocycles. The SMILES string of the molecule is OC(Cc1ccncc1Cl)c1cc(Cl)cc(Br)c1. The third kappa shape index (κ3) is 3.45. The summed E-state index contributed by atoms with van der Waals surface area (Å²) in [4.78, 5) is 3.91. The first-order valence-corrected chi connectivity index (χ1v) is 6.83. The molecule has 0 radical (unpaired) electrons. The maximum Gasteiger partial charge on any atom is 0.0831 e. The van der Waals surface area contributed by atoms with Crippen LogP contribution in [0.15, 0.2) is 41.1 Å². The molecule has 2 rings (SSSR count). The highest BCUT2D eigenvalue weighted by Gasteiger charge is 2.12. The minimum absolute atomic E-state index is 0.425. The van der Waals surface area contributed by atoms with Crippen LogP contribution in [0.5, 0.6) is 0 Å². The molecular formula is C13H10BrCl2NO. The molecule has 0 aliphatic heterocycles. The van der Waals surface area contributed by atoms with Gasteiger partial charge in [-0.05, 0) is 35.4 Å². The number of pyridine rings is 1. The molecule has 2 nitrogen and oxygen atoms in total. The largest absolute Gasteiger partial charge is 0.388 e. The van der Waals surface area contributed by atoms with Gasteiger partial charge in [0.2, 0.25) is 0 Å². The van der Waals surface area contributed by atoms with Gasteiger partial charge < -0.3 is 5.11 Å². The summed E-state index contributed by atoms with van der Waals surface area (Å²) < 4.78 is 0.838. The number of aromatic nitrogens is 1. The molecule has 1 unspecified atom stereocenters. The number of benzene rings is 1. The predicted octanol–water partition coefficient (Wildman–Crippen LogP) is 4.43. The first-order chi connectivity index (χ1) is 8.56. The van der Waals surface area contributed by atoms with Crippen LogP contribution in [-0.2, 0) is 6.42 Å². The van der Waals surface area contributed by atoms with E-state index in [0.29, 0.717) is 16.5 Å². The van der Waals surface area contributed by atoms with Crippen molar-refractivity contribution in [3.8, 4) is 0 Å². The second kappa shape index (κ2) is 6.02. The molecule has 0 bridgehead atoms. The number of halogens is 3. The van der Waals surface area contributed by atoms with Gasteiger partial charge in [-0.1, -0.05) is 39.1 Å². The number of hydrogen-bond acceptors (Lipinski definition) is 2. The van der Waals surface area contributed by atoms with Gasteiger partial charge in [0.25, 0.3) is 0 Å². The van der Waals surface area contributed by atoms with Crippen molar-refractivity contribution in [1.82, 2.24) is 4.98 Å². The van der Waals surface area contributed by atoms with Crippen LogP contribution in [0.1, 0.15) is 17.2 Å².